The summed E-state index contributed by atoms with van der Waals surface area (Å²) in [6.07, 6.45) is 3.03. The maximum absolute atomic E-state index is 5.54. The largest absolute Gasteiger partial charge is 0.377 e. The van der Waals surface area contributed by atoms with Gasteiger partial charge in [-0.25, -0.2) is 0 Å². The van der Waals surface area contributed by atoms with Gasteiger partial charge in [-0.3, -0.25) is 0 Å². The number of hydrogen-bond acceptors (Lipinski definition) is 3. The lowest BCUT2D eigenvalue weighted by atomic mass is 9.90. The van der Waals surface area contributed by atoms with Gasteiger partial charge in [0.15, 0.2) is 0 Å². The molecule has 1 rings (SSSR count). The summed E-state index contributed by atoms with van der Waals surface area (Å²) < 4.78 is 5.54. The third kappa shape index (κ3) is 5.84. The van der Waals surface area contributed by atoms with Crippen molar-refractivity contribution in [1.29, 1.82) is 0 Å². The average Bonchev–Trinajstić information content (AvgIpc) is 2.34. The van der Waals surface area contributed by atoms with Gasteiger partial charge in [0.2, 0.25) is 0 Å². The second-order valence-electron chi connectivity index (χ2n) is 5.43. The summed E-state index contributed by atoms with van der Waals surface area (Å²) in [7, 11) is 0. The van der Waals surface area contributed by atoms with E-state index in [4.69, 9.17) is 4.74 Å². The van der Waals surface area contributed by atoms with Crippen molar-refractivity contribution in [3.8, 4) is 0 Å². The molecule has 1 atom stereocenters. The molecule has 0 aromatic rings. The molecule has 1 unspecified atom stereocenters. The van der Waals surface area contributed by atoms with Crippen molar-refractivity contribution in [2.45, 2.75) is 52.7 Å². The number of nitrogens with one attached hydrogen (secondary N) is 1. The van der Waals surface area contributed by atoms with E-state index in [0.29, 0.717) is 12.1 Å². The van der Waals surface area contributed by atoms with E-state index < -0.39 is 0 Å². The normalized spacial score (nSPS) is 21.0. The van der Waals surface area contributed by atoms with E-state index in [-0.39, 0.29) is 0 Å². The van der Waals surface area contributed by atoms with Crippen molar-refractivity contribution in [2.24, 2.45) is 5.92 Å². The molecule has 17 heavy (non-hydrogen) atoms. The van der Waals surface area contributed by atoms with Gasteiger partial charge in [-0.05, 0) is 59.2 Å². The van der Waals surface area contributed by atoms with Crippen LogP contribution >= 0.6 is 0 Å². The van der Waals surface area contributed by atoms with E-state index in [1.54, 1.807) is 0 Å². The molecule has 0 saturated carbocycles. The molecular weight excluding hydrogens is 212 g/mol. The van der Waals surface area contributed by atoms with Gasteiger partial charge in [0, 0.05) is 12.6 Å². The number of piperidine rings is 1. The van der Waals surface area contributed by atoms with Gasteiger partial charge in [-0.1, -0.05) is 6.92 Å². The molecule has 1 saturated heterocycles. The van der Waals surface area contributed by atoms with E-state index >= 15 is 0 Å². The van der Waals surface area contributed by atoms with Crippen molar-refractivity contribution in [3.63, 3.8) is 0 Å². The van der Waals surface area contributed by atoms with Crippen molar-refractivity contribution in [3.05, 3.63) is 0 Å². The first-order valence-corrected chi connectivity index (χ1v) is 7.20. The molecule has 1 N–H and O–H groups in total. The van der Waals surface area contributed by atoms with E-state index in [0.717, 1.165) is 19.1 Å². The molecule has 3 heteroatoms. The van der Waals surface area contributed by atoms with Crippen LogP contribution in [-0.2, 0) is 4.74 Å². The maximum atomic E-state index is 5.54. The predicted molar refractivity (Wildman–Crippen MR) is 73.4 cm³/mol. The molecule has 0 aromatic carbocycles. The number of hydrogen-bond donors (Lipinski definition) is 1. The van der Waals surface area contributed by atoms with Crippen LogP contribution in [0.3, 0.4) is 0 Å². The molecule has 1 heterocycles. The lowest BCUT2D eigenvalue weighted by Gasteiger charge is -2.34. The van der Waals surface area contributed by atoms with Crippen LogP contribution in [0.15, 0.2) is 0 Å². The van der Waals surface area contributed by atoms with Gasteiger partial charge in [-0.2, -0.15) is 0 Å². The molecule has 0 aromatic heterocycles. The quantitative estimate of drug-likeness (QED) is 0.692. The van der Waals surface area contributed by atoms with Crippen molar-refractivity contribution >= 4 is 0 Å². The number of nitrogens with zero attached hydrogens (tertiary/aromatic N) is 1. The van der Waals surface area contributed by atoms with E-state index in [1.807, 2.05) is 0 Å². The van der Waals surface area contributed by atoms with Crippen molar-refractivity contribution in [2.75, 3.05) is 32.8 Å². The fourth-order valence-electron chi connectivity index (χ4n) is 2.52. The second-order valence-corrected chi connectivity index (χ2v) is 5.43. The summed E-state index contributed by atoms with van der Waals surface area (Å²) in [6, 6.07) is 0.629. The van der Waals surface area contributed by atoms with E-state index in [2.05, 4.69) is 37.9 Å². The van der Waals surface area contributed by atoms with Gasteiger partial charge in [0.05, 0.1) is 12.7 Å². The van der Waals surface area contributed by atoms with Crippen LogP contribution < -0.4 is 5.32 Å². The van der Waals surface area contributed by atoms with Crippen LogP contribution in [0.4, 0.5) is 0 Å². The van der Waals surface area contributed by atoms with Gasteiger partial charge >= 0.3 is 0 Å². The first-order valence-electron chi connectivity index (χ1n) is 7.20. The average molecular weight is 242 g/mol. The SMILES string of the molecule is CCN1CCC(C(C)NCCOC(C)C)CC1. The monoisotopic (exact) mass is 242 g/mol. The summed E-state index contributed by atoms with van der Waals surface area (Å²) in [4.78, 5) is 2.55. The molecule has 0 aliphatic carbocycles. The Bertz CT molecular complexity index is 189. The second kappa shape index (κ2) is 8.06. The Kier molecular flexibility index (Phi) is 7.09. The number of rotatable bonds is 7. The summed E-state index contributed by atoms with van der Waals surface area (Å²) in [5.74, 6) is 0.844. The minimum Gasteiger partial charge on any atom is -0.377 e. The third-order valence-electron chi connectivity index (χ3n) is 3.81. The zero-order chi connectivity index (χ0) is 12.7. The Labute approximate surface area is 107 Å². The smallest absolute Gasteiger partial charge is 0.0594 e. The molecule has 1 aliphatic rings. The maximum Gasteiger partial charge on any atom is 0.0594 e. The Morgan fingerprint density at radius 2 is 1.88 bits per heavy atom. The van der Waals surface area contributed by atoms with Crippen LogP contribution in [0.5, 0.6) is 0 Å². The highest BCUT2D eigenvalue weighted by Gasteiger charge is 2.22. The first-order chi connectivity index (χ1) is 8.13. The lowest BCUT2D eigenvalue weighted by molar-refractivity contribution is 0.0767. The van der Waals surface area contributed by atoms with Crippen molar-refractivity contribution in [1.82, 2.24) is 10.2 Å². The third-order valence-corrected chi connectivity index (χ3v) is 3.81. The van der Waals surface area contributed by atoms with Gasteiger partial charge in [0.25, 0.3) is 0 Å². The zero-order valence-electron chi connectivity index (χ0n) is 12.0. The van der Waals surface area contributed by atoms with E-state index in [1.165, 1.54) is 32.5 Å². The highest BCUT2D eigenvalue weighted by atomic mass is 16.5. The summed E-state index contributed by atoms with van der Waals surface area (Å²) in [5, 5.41) is 3.60. The topological polar surface area (TPSA) is 24.5 Å². The van der Waals surface area contributed by atoms with Crippen molar-refractivity contribution < 1.29 is 4.74 Å². The highest BCUT2D eigenvalue weighted by Crippen LogP contribution is 2.20. The molecule has 0 amide bonds. The fraction of sp³-hybridized carbons (Fsp3) is 1.00. The fourth-order valence-corrected chi connectivity index (χ4v) is 2.52. The van der Waals surface area contributed by atoms with Crippen LogP contribution in [-0.4, -0.2) is 49.8 Å². The van der Waals surface area contributed by atoms with Gasteiger partial charge in [0.1, 0.15) is 0 Å². The predicted octanol–water partition coefficient (Wildman–Crippen LogP) is 2.12. The summed E-state index contributed by atoms with van der Waals surface area (Å²) in [6.45, 7) is 14.3. The summed E-state index contributed by atoms with van der Waals surface area (Å²) in [5.41, 5.74) is 0. The Hall–Kier alpha value is -0.120. The number of likely N-dealkylation sites (tertiary alicyclic amines) is 1. The molecule has 102 valence electrons. The number of ether oxygens (including phenoxy) is 1. The van der Waals surface area contributed by atoms with Crippen LogP contribution in [0.1, 0.15) is 40.5 Å². The highest BCUT2D eigenvalue weighted by molar-refractivity contribution is 4.79. The van der Waals surface area contributed by atoms with Crippen LogP contribution in [0.25, 0.3) is 0 Å². The van der Waals surface area contributed by atoms with Crippen LogP contribution in [0, 0.1) is 5.92 Å². The van der Waals surface area contributed by atoms with Gasteiger partial charge < -0.3 is 15.0 Å². The molecule has 1 aliphatic heterocycles. The molecule has 0 spiro atoms. The molecule has 0 bridgehead atoms. The zero-order valence-corrected chi connectivity index (χ0v) is 12.0. The van der Waals surface area contributed by atoms with Crippen LogP contribution in [0.2, 0.25) is 0 Å². The lowest BCUT2D eigenvalue weighted by Crippen LogP contribution is -2.42. The molecule has 0 radical (unpaired) electrons. The minimum absolute atomic E-state index is 0.347. The molecule has 1 fully saturated rings. The van der Waals surface area contributed by atoms with E-state index in [9.17, 15) is 0 Å². The molecule has 3 nitrogen and oxygen atoms in total. The Balaban J connectivity index is 2.09. The van der Waals surface area contributed by atoms with Gasteiger partial charge in [-0.15, -0.1) is 0 Å². The Morgan fingerprint density at radius 3 is 2.41 bits per heavy atom. The minimum atomic E-state index is 0.347. The first kappa shape index (κ1) is 14.9. The Morgan fingerprint density at radius 1 is 1.24 bits per heavy atom. The molecular formula is C14H30N2O. The summed E-state index contributed by atoms with van der Waals surface area (Å²) >= 11 is 0. The standard InChI is InChI=1S/C14H30N2O/c1-5-16-9-6-14(7-10-16)13(4)15-8-11-17-12(2)3/h12-15H,5-11H2,1-4H3.